The number of fused-ring (bicyclic) bond motifs is 1. The van der Waals surface area contributed by atoms with Crippen LogP contribution in [0.25, 0.3) is 10.9 Å². The Kier molecular flexibility index (Phi) is 7.16. The minimum absolute atomic E-state index is 0.0460. The maximum Gasteiger partial charge on any atom is 0.264 e. The monoisotopic (exact) mass is 518 g/mol. The molecule has 5 rings (SSSR count). The highest BCUT2D eigenvalue weighted by atomic mass is 32.2. The van der Waals surface area contributed by atoms with Crippen LogP contribution in [0.5, 0.6) is 0 Å². The van der Waals surface area contributed by atoms with Gasteiger partial charge in [-0.05, 0) is 42.3 Å². The van der Waals surface area contributed by atoms with Gasteiger partial charge in [0.1, 0.15) is 10.7 Å². The van der Waals surface area contributed by atoms with Gasteiger partial charge in [-0.3, -0.25) is 19.4 Å². The zero-order valence-corrected chi connectivity index (χ0v) is 21.0. The Bertz CT molecular complexity index is 1520. The van der Waals surface area contributed by atoms with Crippen molar-refractivity contribution in [1.82, 2.24) is 14.8 Å². The molecule has 7 nitrogen and oxygen atoms in total. The SMILES string of the molecule is O=C(c1ccc(NS(=O)(=O)c2cccc3cccnc23)c(F)c1)N1CCN(CCc2ccccc2)CC1. The lowest BCUT2D eigenvalue weighted by Crippen LogP contribution is -2.49. The Morgan fingerprint density at radius 2 is 1.68 bits per heavy atom. The summed E-state index contributed by atoms with van der Waals surface area (Å²) in [5.41, 5.74) is 1.54. The minimum atomic E-state index is -4.10. The molecule has 190 valence electrons. The van der Waals surface area contributed by atoms with Crippen LogP contribution in [0.3, 0.4) is 0 Å². The van der Waals surface area contributed by atoms with Crippen molar-refractivity contribution < 1.29 is 17.6 Å². The highest BCUT2D eigenvalue weighted by Gasteiger charge is 2.24. The summed E-state index contributed by atoms with van der Waals surface area (Å²) in [5, 5.41) is 0.659. The van der Waals surface area contributed by atoms with E-state index in [4.69, 9.17) is 0 Å². The van der Waals surface area contributed by atoms with Crippen molar-refractivity contribution in [1.29, 1.82) is 0 Å². The maximum atomic E-state index is 14.9. The number of carbonyl (C=O) groups is 1. The molecule has 3 aromatic carbocycles. The van der Waals surface area contributed by atoms with E-state index in [0.717, 1.165) is 32.1 Å². The van der Waals surface area contributed by atoms with E-state index < -0.39 is 15.8 Å². The van der Waals surface area contributed by atoms with E-state index in [1.54, 1.807) is 29.2 Å². The van der Waals surface area contributed by atoms with Gasteiger partial charge in [-0.2, -0.15) is 0 Å². The molecule has 37 heavy (non-hydrogen) atoms. The molecule has 1 N–H and O–H groups in total. The molecule has 0 spiro atoms. The second-order valence-corrected chi connectivity index (χ2v) is 10.7. The third-order valence-electron chi connectivity index (χ3n) is 6.56. The molecule has 0 atom stereocenters. The summed E-state index contributed by atoms with van der Waals surface area (Å²) < 4.78 is 43.3. The third kappa shape index (κ3) is 5.63. The summed E-state index contributed by atoms with van der Waals surface area (Å²) in [7, 11) is -4.10. The summed E-state index contributed by atoms with van der Waals surface area (Å²) in [6, 6.07) is 22.4. The first-order valence-corrected chi connectivity index (χ1v) is 13.6. The van der Waals surface area contributed by atoms with Gasteiger partial charge in [-0.15, -0.1) is 0 Å². The van der Waals surface area contributed by atoms with E-state index in [9.17, 15) is 17.6 Å². The number of benzene rings is 3. The van der Waals surface area contributed by atoms with Crippen LogP contribution in [-0.4, -0.2) is 61.8 Å². The molecule has 0 unspecified atom stereocenters. The van der Waals surface area contributed by atoms with Gasteiger partial charge in [0, 0.05) is 49.9 Å². The van der Waals surface area contributed by atoms with Gasteiger partial charge >= 0.3 is 0 Å². The van der Waals surface area contributed by atoms with Crippen LogP contribution >= 0.6 is 0 Å². The van der Waals surface area contributed by atoms with Crippen molar-refractivity contribution in [2.75, 3.05) is 37.4 Å². The average molecular weight is 519 g/mol. The molecule has 1 aliphatic heterocycles. The number of nitrogens with one attached hydrogen (secondary N) is 1. The highest BCUT2D eigenvalue weighted by Crippen LogP contribution is 2.25. The number of nitrogens with zero attached hydrogens (tertiary/aromatic N) is 3. The Morgan fingerprint density at radius 3 is 2.43 bits per heavy atom. The predicted octanol–water partition coefficient (Wildman–Crippen LogP) is 4.18. The van der Waals surface area contributed by atoms with Crippen LogP contribution in [0.4, 0.5) is 10.1 Å². The molecule has 2 heterocycles. The lowest BCUT2D eigenvalue weighted by atomic mass is 10.1. The van der Waals surface area contributed by atoms with Gasteiger partial charge in [-0.25, -0.2) is 12.8 Å². The molecule has 0 saturated carbocycles. The predicted molar refractivity (Wildman–Crippen MR) is 141 cm³/mol. The van der Waals surface area contributed by atoms with Crippen LogP contribution in [0.1, 0.15) is 15.9 Å². The Hall–Kier alpha value is -3.82. The fourth-order valence-corrected chi connectivity index (χ4v) is 5.76. The molecule has 1 amide bonds. The molecule has 1 aliphatic rings. The number of carbonyl (C=O) groups excluding carboxylic acids is 1. The van der Waals surface area contributed by atoms with E-state index in [-0.39, 0.29) is 22.1 Å². The van der Waals surface area contributed by atoms with Gasteiger partial charge < -0.3 is 4.90 Å². The first kappa shape index (κ1) is 24.9. The quantitative estimate of drug-likeness (QED) is 0.397. The van der Waals surface area contributed by atoms with Crippen molar-refractivity contribution in [2.45, 2.75) is 11.3 Å². The normalized spacial score (nSPS) is 14.6. The van der Waals surface area contributed by atoms with Crippen molar-refractivity contribution >= 4 is 32.5 Å². The standard InChI is InChI=1S/C28H27FN4O3S/c29-24-20-23(28(34)33-18-16-32(17-19-33)15-13-21-6-2-1-3-7-21)11-12-25(24)31-37(35,36)26-10-4-8-22-9-5-14-30-27(22)26/h1-12,14,20,31H,13,15-19H2. The molecule has 1 saturated heterocycles. The van der Waals surface area contributed by atoms with Crippen molar-refractivity contribution in [2.24, 2.45) is 0 Å². The number of anilines is 1. The fourth-order valence-electron chi connectivity index (χ4n) is 4.51. The number of para-hydroxylation sites is 1. The van der Waals surface area contributed by atoms with Crippen molar-refractivity contribution in [3.05, 3.63) is 102 Å². The summed E-state index contributed by atoms with van der Waals surface area (Å²) in [5.74, 6) is -1.08. The Morgan fingerprint density at radius 1 is 0.919 bits per heavy atom. The number of piperazine rings is 1. The molecule has 1 fully saturated rings. The number of hydrogen-bond acceptors (Lipinski definition) is 5. The molecule has 9 heteroatoms. The van der Waals surface area contributed by atoms with Crippen molar-refractivity contribution in [3.63, 3.8) is 0 Å². The maximum absolute atomic E-state index is 14.9. The molecule has 0 bridgehead atoms. The lowest BCUT2D eigenvalue weighted by Gasteiger charge is -2.34. The van der Waals surface area contributed by atoms with Gasteiger partial charge in [0.05, 0.1) is 11.2 Å². The molecular weight excluding hydrogens is 491 g/mol. The van der Waals surface area contributed by atoms with Gasteiger partial charge in [-0.1, -0.05) is 48.5 Å². The molecule has 4 aromatic rings. The Balaban J connectivity index is 1.22. The Labute approximate surface area is 215 Å². The zero-order valence-electron chi connectivity index (χ0n) is 20.2. The van der Waals surface area contributed by atoms with Crippen LogP contribution in [0, 0.1) is 5.82 Å². The number of hydrogen-bond donors (Lipinski definition) is 1. The molecule has 0 radical (unpaired) electrons. The van der Waals surface area contributed by atoms with E-state index in [1.807, 2.05) is 18.2 Å². The zero-order chi connectivity index (χ0) is 25.8. The lowest BCUT2D eigenvalue weighted by molar-refractivity contribution is 0.0638. The number of halogens is 1. The molecular formula is C28H27FN4O3S. The van der Waals surface area contributed by atoms with Crippen molar-refractivity contribution in [3.8, 4) is 0 Å². The fraction of sp³-hybridized carbons (Fsp3) is 0.214. The van der Waals surface area contributed by atoms with Crippen LogP contribution in [0.15, 0.2) is 90.0 Å². The number of amides is 1. The van der Waals surface area contributed by atoms with Gasteiger partial charge in [0.25, 0.3) is 15.9 Å². The third-order valence-corrected chi connectivity index (χ3v) is 7.96. The average Bonchev–Trinajstić information content (AvgIpc) is 2.93. The molecule has 1 aromatic heterocycles. The summed E-state index contributed by atoms with van der Waals surface area (Å²) in [6.45, 7) is 3.52. The second kappa shape index (κ2) is 10.7. The molecule has 0 aliphatic carbocycles. The highest BCUT2D eigenvalue weighted by molar-refractivity contribution is 7.93. The van der Waals surface area contributed by atoms with E-state index in [1.165, 1.54) is 30.0 Å². The van der Waals surface area contributed by atoms with E-state index in [2.05, 4.69) is 26.7 Å². The van der Waals surface area contributed by atoms with Gasteiger partial charge in [0.15, 0.2) is 0 Å². The number of sulfonamides is 1. The first-order chi connectivity index (χ1) is 17.9. The minimum Gasteiger partial charge on any atom is -0.336 e. The van der Waals surface area contributed by atoms with Crippen LogP contribution in [0.2, 0.25) is 0 Å². The number of pyridine rings is 1. The second-order valence-electron chi connectivity index (χ2n) is 9.00. The summed E-state index contributed by atoms with van der Waals surface area (Å²) in [6.07, 6.45) is 2.46. The van der Waals surface area contributed by atoms with Crippen LogP contribution < -0.4 is 4.72 Å². The summed E-state index contributed by atoms with van der Waals surface area (Å²) in [4.78, 5) is 21.1. The topological polar surface area (TPSA) is 82.6 Å². The van der Waals surface area contributed by atoms with E-state index in [0.29, 0.717) is 24.0 Å². The van der Waals surface area contributed by atoms with Crippen LogP contribution in [-0.2, 0) is 16.4 Å². The number of aromatic nitrogens is 1. The summed E-state index contributed by atoms with van der Waals surface area (Å²) >= 11 is 0. The van der Waals surface area contributed by atoms with Gasteiger partial charge in [0.2, 0.25) is 0 Å². The first-order valence-electron chi connectivity index (χ1n) is 12.1. The smallest absolute Gasteiger partial charge is 0.264 e. The van der Waals surface area contributed by atoms with E-state index >= 15 is 0 Å². The number of rotatable bonds is 7. The largest absolute Gasteiger partial charge is 0.336 e.